The van der Waals surface area contributed by atoms with Crippen molar-refractivity contribution in [2.24, 2.45) is 0 Å². The molecule has 0 saturated carbocycles. The molecular weight excluding hydrogens is 548 g/mol. The minimum atomic E-state index is 0.591. The number of nitrogens with zero attached hydrogens (tertiary/aromatic N) is 4. The zero-order valence-corrected chi connectivity index (χ0v) is 24.3. The molecule has 0 N–H and O–H groups in total. The molecule has 2 aromatic heterocycles. The molecule has 0 aliphatic carbocycles. The summed E-state index contributed by atoms with van der Waals surface area (Å²) in [6, 6.07) is 55.1. The standard InChI is InChI=1S/C41H26N4/c1-3-14-29(15-4-1)39-42-40(30-16-5-2-6-17-30)44-41(43-39)45-36-25-23-28-13-8-10-20-34(28)38(36)35-24-22-31(26-37(35)45)33-21-11-18-27-12-7-9-19-32(27)33/h1-26H. The largest absolute Gasteiger partial charge is 0.278 e. The fourth-order valence-corrected chi connectivity index (χ4v) is 6.54. The van der Waals surface area contributed by atoms with Crippen LogP contribution in [0.25, 0.3) is 83.2 Å². The summed E-state index contributed by atoms with van der Waals surface area (Å²) in [7, 11) is 0. The fourth-order valence-electron chi connectivity index (χ4n) is 6.54. The molecule has 0 saturated heterocycles. The van der Waals surface area contributed by atoms with E-state index in [4.69, 9.17) is 15.0 Å². The van der Waals surface area contributed by atoms with Crippen molar-refractivity contribution in [3.8, 4) is 39.9 Å². The fraction of sp³-hybridized carbons (Fsp3) is 0. The minimum absolute atomic E-state index is 0.591. The van der Waals surface area contributed by atoms with Gasteiger partial charge in [0, 0.05) is 21.9 Å². The van der Waals surface area contributed by atoms with Gasteiger partial charge in [-0.3, -0.25) is 4.57 Å². The molecule has 7 aromatic carbocycles. The summed E-state index contributed by atoms with van der Waals surface area (Å²) in [6.07, 6.45) is 0. The summed E-state index contributed by atoms with van der Waals surface area (Å²) in [5.74, 6) is 1.87. The highest BCUT2D eigenvalue weighted by Gasteiger charge is 2.20. The summed E-state index contributed by atoms with van der Waals surface area (Å²) in [4.78, 5) is 15.2. The van der Waals surface area contributed by atoms with Gasteiger partial charge in [0.05, 0.1) is 11.0 Å². The Morgan fingerprint density at radius 1 is 0.378 bits per heavy atom. The minimum Gasteiger partial charge on any atom is -0.278 e. The normalized spacial score (nSPS) is 11.6. The first-order valence-corrected chi connectivity index (χ1v) is 15.1. The van der Waals surface area contributed by atoms with Gasteiger partial charge in [-0.15, -0.1) is 0 Å². The van der Waals surface area contributed by atoms with Crippen LogP contribution < -0.4 is 0 Å². The van der Waals surface area contributed by atoms with Gasteiger partial charge in [0.25, 0.3) is 0 Å². The molecule has 45 heavy (non-hydrogen) atoms. The smallest absolute Gasteiger partial charge is 0.238 e. The molecule has 4 nitrogen and oxygen atoms in total. The van der Waals surface area contributed by atoms with E-state index in [-0.39, 0.29) is 0 Å². The maximum Gasteiger partial charge on any atom is 0.238 e. The zero-order chi connectivity index (χ0) is 29.7. The average molecular weight is 575 g/mol. The third kappa shape index (κ3) is 4.19. The Morgan fingerprint density at radius 3 is 1.69 bits per heavy atom. The number of hydrogen-bond acceptors (Lipinski definition) is 3. The summed E-state index contributed by atoms with van der Waals surface area (Å²) in [5, 5.41) is 7.21. The van der Waals surface area contributed by atoms with Gasteiger partial charge in [0.2, 0.25) is 5.95 Å². The van der Waals surface area contributed by atoms with Crippen molar-refractivity contribution in [2.45, 2.75) is 0 Å². The molecule has 2 heterocycles. The molecule has 4 heteroatoms. The van der Waals surface area contributed by atoms with E-state index in [0.717, 1.165) is 33.1 Å². The average Bonchev–Trinajstić information content (AvgIpc) is 3.46. The molecule has 0 spiro atoms. The molecule has 0 aliphatic heterocycles. The highest BCUT2D eigenvalue weighted by Crippen LogP contribution is 2.39. The van der Waals surface area contributed by atoms with Crippen LogP contribution in [0, 0.1) is 0 Å². The lowest BCUT2D eigenvalue weighted by Crippen LogP contribution is -2.06. The second kappa shape index (κ2) is 10.2. The maximum atomic E-state index is 5.15. The summed E-state index contributed by atoms with van der Waals surface area (Å²) in [5.41, 5.74) is 6.34. The van der Waals surface area contributed by atoms with Gasteiger partial charge in [-0.2, -0.15) is 9.97 Å². The quantitative estimate of drug-likeness (QED) is 0.210. The maximum absolute atomic E-state index is 5.15. The van der Waals surface area contributed by atoms with Crippen molar-refractivity contribution < 1.29 is 0 Å². The second-order valence-electron chi connectivity index (χ2n) is 11.3. The van der Waals surface area contributed by atoms with Crippen LogP contribution in [0.15, 0.2) is 158 Å². The van der Waals surface area contributed by atoms with Crippen molar-refractivity contribution in [1.29, 1.82) is 0 Å². The highest BCUT2D eigenvalue weighted by molar-refractivity contribution is 6.21. The van der Waals surface area contributed by atoms with Crippen molar-refractivity contribution in [1.82, 2.24) is 19.5 Å². The van der Waals surface area contributed by atoms with Crippen LogP contribution in [0.3, 0.4) is 0 Å². The van der Waals surface area contributed by atoms with Crippen molar-refractivity contribution in [2.75, 3.05) is 0 Å². The molecule has 0 amide bonds. The Hall–Kier alpha value is -6.13. The SMILES string of the molecule is c1ccc(-c2nc(-c3ccccc3)nc(-n3c4cc(-c5cccc6ccccc56)ccc4c4c5ccccc5ccc43)n2)cc1. The summed E-state index contributed by atoms with van der Waals surface area (Å²) < 4.78 is 2.21. The van der Waals surface area contributed by atoms with Crippen molar-refractivity contribution in [3.05, 3.63) is 158 Å². The highest BCUT2D eigenvalue weighted by atomic mass is 15.2. The molecule has 0 aliphatic rings. The van der Waals surface area contributed by atoms with E-state index < -0.39 is 0 Å². The zero-order valence-electron chi connectivity index (χ0n) is 24.3. The van der Waals surface area contributed by atoms with E-state index in [1.54, 1.807) is 0 Å². The number of hydrogen-bond donors (Lipinski definition) is 0. The predicted molar refractivity (Wildman–Crippen MR) is 185 cm³/mol. The van der Waals surface area contributed by atoms with Gasteiger partial charge in [-0.25, -0.2) is 4.98 Å². The van der Waals surface area contributed by atoms with Crippen molar-refractivity contribution >= 4 is 43.4 Å². The predicted octanol–water partition coefficient (Wildman–Crippen LogP) is 10.3. The van der Waals surface area contributed by atoms with Crippen LogP contribution in [-0.4, -0.2) is 19.5 Å². The monoisotopic (exact) mass is 574 g/mol. The number of rotatable bonds is 4. The Bertz CT molecular complexity index is 2470. The molecule has 0 atom stereocenters. The van der Waals surface area contributed by atoms with Crippen LogP contribution >= 0.6 is 0 Å². The molecule has 210 valence electrons. The van der Waals surface area contributed by atoms with E-state index in [2.05, 4.69) is 102 Å². The topological polar surface area (TPSA) is 43.6 Å². The lowest BCUT2D eigenvalue weighted by atomic mass is 9.97. The van der Waals surface area contributed by atoms with E-state index in [1.807, 2.05) is 60.7 Å². The molecule has 9 rings (SSSR count). The first-order valence-electron chi connectivity index (χ1n) is 15.1. The van der Waals surface area contributed by atoms with Gasteiger partial charge >= 0.3 is 0 Å². The van der Waals surface area contributed by atoms with Crippen molar-refractivity contribution in [3.63, 3.8) is 0 Å². The summed E-state index contributed by atoms with van der Waals surface area (Å²) in [6.45, 7) is 0. The third-order valence-electron chi connectivity index (χ3n) is 8.64. The second-order valence-corrected chi connectivity index (χ2v) is 11.3. The van der Waals surface area contributed by atoms with Gasteiger partial charge < -0.3 is 0 Å². The number of aromatic nitrogens is 4. The molecule has 9 aromatic rings. The lowest BCUT2D eigenvalue weighted by Gasteiger charge is -2.12. The van der Waals surface area contributed by atoms with E-state index in [9.17, 15) is 0 Å². The molecule has 0 fully saturated rings. The van der Waals surface area contributed by atoms with E-state index >= 15 is 0 Å². The first-order chi connectivity index (χ1) is 22.3. The van der Waals surface area contributed by atoms with Crippen LogP contribution in [0.1, 0.15) is 0 Å². The van der Waals surface area contributed by atoms with Crippen LogP contribution in [-0.2, 0) is 0 Å². The third-order valence-corrected chi connectivity index (χ3v) is 8.64. The van der Waals surface area contributed by atoms with Gasteiger partial charge in [0.15, 0.2) is 11.6 Å². The Labute approximate surface area is 259 Å². The van der Waals surface area contributed by atoms with Crippen LogP contribution in [0.5, 0.6) is 0 Å². The molecule has 0 radical (unpaired) electrons. The number of fused-ring (bicyclic) bond motifs is 6. The summed E-state index contributed by atoms with van der Waals surface area (Å²) >= 11 is 0. The molecule has 0 bridgehead atoms. The lowest BCUT2D eigenvalue weighted by molar-refractivity contribution is 0.954. The molecule has 0 unspecified atom stereocenters. The molecular formula is C41H26N4. The van der Waals surface area contributed by atoms with E-state index in [1.165, 1.54) is 32.5 Å². The Balaban J connectivity index is 1.40. The van der Waals surface area contributed by atoms with Crippen LogP contribution in [0.4, 0.5) is 0 Å². The number of benzene rings is 7. The Kier molecular flexibility index (Phi) is 5.78. The van der Waals surface area contributed by atoms with Crippen LogP contribution in [0.2, 0.25) is 0 Å². The first kappa shape index (κ1) is 25.4. The van der Waals surface area contributed by atoms with Gasteiger partial charge in [-0.05, 0) is 44.8 Å². The van der Waals surface area contributed by atoms with E-state index in [0.29, 0.717) is 17.6 Å². The Morgan fingerprint density at radius 2 is 0.978 bits per heavy atom. The van der Waals surface area contributed by atoms with Gasteiger partial charge in [0.1, 0.15) is 0 Å². The van der Waals surface area contributed by atoms with Gasteiger partial charge in [-0.1, -0.05) is 146 Å².